The molecule has 4 rings (SSSR count). The largest absolute Gasteiger partial charge is 0.449 e. The highest BCUT2D eigenvalue weighted by Crippen LogP contribution is 2.29. The number of H-pyrrole nitrogens is 2. The number of aromatic amines is 2. The molecule has 2 N–H and O–H groups in total. The van der Waals surface area contributed by atoms with Crippen LogP contribution in [0.3, 0.4) is 0 Å². The fourth-order valence-electron chi connectivity index (χ4n) is 2.85. The Balaban J connectivity index is 1.63. The molecule has 0 spiro atoms. The summed E-state index contributed by atoms with van der Waals surface area (Å²) in [6.07, 6.45) is -2.31. The van der Waals surface area contributed by atoms with Crippen molar-refractivity contribution < 1.29 is 18.0 Å². The summed E-state index contributed by atoms with van der Waals surface area (Å²) in [5, 5.41) is 0. The quantitative estimate of drug-likeness (QED) is 0.717. The molecule has 0 saturated carbocycles. The van der Waals surface area contributed by atoms with Crippen molar-refractivity contribution in [3.05, 3.63) is 47.3 Å². The Morgan fingerprint density at radius 3 is 2.92 bits per heavy atom. The molecule has 124 valence electrons. The molecule has 24 heavy (non-hydrogen) atoms. The van der Waals surface area contributed by atoms with Crippen molar-refractivity contribution in [1.82, 2.24) is 24.8 Å². The highest BCUT2D eigenvalue weighted by molar-refractivity contribution is 5.97. The second-order valence-electron chi connectivity index (χ2n) is 5.62. The zero-order chi connectivity index (χ0) is 16.9. The van der Waals surface area contributed by atoms with Gasteiger partial charge in [-0.2, -0.15) is 13.2 Å². The maximum atomic E-state index is 12.7. The molecule has 0 atom stereocenters. The first kappa shape index (κ1) is 14.7. The Morgan fingerprint density at radius 1 is 1.29 bits per heavy atom. The number of carbonyl (C=O) groups excluding carboxylic acids is 1. The van der Waals surface area contributed by atoms with Crippen LogP contribution in [0.1, 0.15) is 27.6 Å². The van der Waals surface area contributed by atoms with Crippen LogP contribution in [-0.4, -0.2) is 37.3 Å². The Kier molecular flexibility index (Phi) is 3.12. The van der Waals surface area contributed by atoms with E-state index in [4.69, 9.17) is 0 Å². The first-order chi connectivity index (χ1) is 11.4. The lowest BCUT2D eigenvalue weighted by molar-refractivity contribution is -0.144. The van der Waals surface area contributed by atoms with Crippen molar-refractivity contribution in [1.29, 1.82) is 0 Å². The Hall–Kier alpha value is -2.84. The lowest BCUT2D eigenvalue weighted by Crippen LogP contribution is -2.36. The standard InChI is InChI=1S/C15H12F3N5O/c16-15(17,18)14-21-10-2-1-8(5-11(10)22-14)13(24)23-4-3-9-12(6-23)20-7-19-9/h1-2,5,7H,3-4,6H2,(H,19,20)(H,21,22). The van der Waals surface area contributed by atoms with Crippen LogP contribution < -0.4 is 0 Å². The third-order valence-corrected chi connectivity index (χ3v) is 4.06. The Bertz CT molecular complexity index is 927. The lowest BCUT2D eigenvalue weighted by atomic mass is 10.1. The molecule has 0 fully saturated rings. The van der Waals surface area contributed by atoms with E-state index in [-0.39, 0.29) is 16.9 Å². The van der Waals surface area contributed by atoms with E-state index in [1.807, 2.05) is 0 Å². The summed E-state index contributed by atoms with van der Waals surface area (Å²) >= 11 is 0. The zero-order valence-electron chi connectivity index (χ0n) is 12.3. The minimum atomic E-state index is -4.55. The molecule has 3 aromatic rings. The zero-order valence-corrected chi connectivity index (χ0v) is 12.3. The Labute approximate surface area is 133 Å². The minimum Gasteiger partial charge on any atom is -0.347 e. The number of nitrogens with one attached hydrogen (secondary N) is 2. The number of rotatable bonds is 1. The molecule has 0 unspecified atom stereocenters. The van der Waals surface area contributed by atoms with E-state index in [1.54, 1.807) is 11.2 Å². The fraction of sp³-hybridized carbons (Fsp3) is 0.267. The number of carbonyl (C=O) groups is 1. The maximum absolute atomic E-state index is 12.7. The van der Waals surface area contributed by atoms with E-state index in [0.29, 0.717) is 25.1 Å². The molecule has 0 saturated heterocycles. The van der Waals surface area contributed by atoms with E-state index in [1.165, 1.54) is 18.2 Å². The smallest absolute Gasteiger partial charge is 0.347 e. The molecule has 1 amide bonds. The number of amides is 1. The number of benzene rings is 1. The van der Waals surface area contributed by atoms with Crippen LogP contribution in [-0.2, 0) is 19.1 Å². The lowest BCUT2D eigenvalue weighted by Gasteiger charge is -2.26. The summed E-state index contributed by atoms with van der Waals surface area (Å²) in [5.41, 5.74) is 2.51. The molecule has 0 radical (unpaired) electrons. The number of hydrogen-bond acceptors (Lipinski definition) is 3. The van der Waals surface area contributed by atoms with Gasteiger partial charge in [-0.25, -0.2) is 9.97 Å². The first-order valence-electron chi connectivity index (χ1n) is 7.29. The van der Waals surface area contributed by atoms with Crippen LogP contribution in [0.25, 0.3) is 11.0 Å². The molecule has 2 aromatic heterocycles. The molecule has 1 aromatic carbocycles. The Morgan fingerprint density at radius 2 is 2.12 bits per heavy atom. The van der Waals surface area contributed by atoms with Gasteiger partial charge in [0.15, 0.2) is 0 Å². The van der Waals surface area contributed by atoms with Gasteiger partial charge in [0, 0.05) is 18.5 Å². The van der Waals surface area contributed by atoms with Crippen LogP contribution in [0, 0.1) is 0 Å². The number of nitrogens with zero attached hydrogens (tertiary/aromatic N) is 3. The van der Waals surface area contributed by atoms with Crippen LogP contribution in [0.15, 0.2) is 24.5 Å². The van der Waals surface area contributed by atoms with Crippen molar-refractivity contribution in [2.75, 3.05) is 6.54 Å². The van der Waals surface area contributed by atoms with Gasteiger partial charge in [0.2, 0.25) is 5.82 Å². The molecular formula is C15H12F3N5O. The third kappa shape index (κ3) is 2.41. The monoisotopic (exact) mass is 335 g/mol. The van der Waals surface area contributed by atoms with Gasteiger partial charge in [0.1, 0.15) is 0 Å². The average Bonchev–Trinajstić information content (AvgIpc) is 3.18. The summed E-state index contributed by atoms with van der Waals surface area (Å²) < 4.78 is 38.1. The summed E-state index contributed by atoms with van der Waals surface area (Å²) in [7, 11) is 0. The van der Waals surface area contributed by atoms with Crippen molar-refractivity contribution in [2.24, 2.45) is 0 Å². The second-order valence-corrected chi connectivity index (χ2v) is 5.62. The summed E-state index contributed by atoms with van der Waals surface area (Å²) in [6.45, 7) is 0.925. The van der Waals surface area contributed by atoms with E-state index >= 15 is 0 Å². The highest BCUT2D eigenvalue weighted by atomic mass is 19.4. The molecule has 3 heterocycles. The minimum absolute atomic E-state index is 0.174. The van der Waals surface area contributed by atoms with Crippen molar-refractivity contribution in [2.45, 2.75) is 19.1 Å². The average molecular weight is 335 g/mol. The number of halogens is 3. The number of aromatic nitrogens is 4. The molecule has 0 aliphatic carbocycles. The molecule has 6 nitrogen and oxygen atoms in total. The number of alkyl halides is 3. The van der Waals surface area contributed by atoms with E-state index < -0.39 is 12.0 Å². The van der Waals surface area contributed by atoms with Gasteiger partial charge < -0.3 is 14.9 Å². The van der Waals surface area contributed by atoms with E-state index in [9.17, 15) is 18.0 Å². The number of hydrogen-bond donors (Lipinski definition) is 2. The predicted octanol–water partition coefficient (Wildman–Crippen LogP) is 2.50. The predicted molar refractivity (Wildman–Crippen MR) is 78.1 cm³/mol. The number of fused-ring (bicyclic) bond motifs is 2. The summed E-state index contributed by atoms with van der Waals surface area (Å²) in [4.78, 5) is 27.2. The molecule has 1 aliphatic rings. The van der Waals surface area contributed by atoms with Crippen LogP contribution in [0.5, 0.6) is 0 Å². The molecule has 0 bridgehead atoms. The maximum Gasteiger partial charge on any atom is 0.449 e. The summed E-state index contributed by atoms with van der Waals surface area (Å²) in [6, 6.07) is 4.32. The van der Waals surface area contributed by atoms with E-state index in [2.05, 4.69) is 19.9 Å². The van der Waals surface area contributed by atoms with E-state index in [0.717, 1.165) is 11.4 Å². The molecule has 9 heteroatoms. The van der Waals surface area contributed by atoms with Crippen LogP contribution >= 0.6 is 0 Å². The second kappa shape index (κ2) is 5.08. The van der Waals surface area contributed by atoms with Crippen LogP contribution in [0.2, 0.25) is 0 Å². The highest BCUT2D eigenvalue weighted by Gasteiger charge is 2.34. The van der Waals surface area contributed by atoms with Gasteiger partial charge in [-0.15, -0.1) is 0 Å². The first-order valence-corrected chi connectivity index (χ1v) is 7.29. The van der Waals surface area contributed by atoms with Crippen molar-refractivity contribution in [3.63, 3.8) is 0 Å². The SMILES string of the molecule is O=C(c1ccc2nc(C(F)(F)F)[nH]c2c1)N1CCc2nc[nH]c2C1. The third-order valence-electron chi connectivity index (χ3n) is 4.06. The number of imidazole rings is 2. The van der Waals surface area contributed by atoms with Gasteiger partial charge in [-0.3, -0.25) is 4.79 Å². The normalized spacial score (nSPS) is 14.9. The fourth-order valence-corrected chi connectivity index (χ4v) is 2.85. The van der Waals surface area contributed by atoms with Gasteiger partial charge in [-0.05, 0) is 18.2 Å². The van der Waals surface area contributed by atoms with Gasteiger partial charge >= 0.3 is 6.18 Å². The van der Waals surface area contributed by atoms with Crippen molar-refractivity contribution in [3.8, 4) is 0 Å². The van der Waals surface area contributed by atoms with Gasteiger partial charge in [0.25, 0.3) is 5.91 Å². The van der Waals surface area contributed by atoms with Gasteiger partial charge in [-0.1, -0.05) is 0 Å². The molecule has 1 aliphatic heterocycles. The molecular weight excluding hydrogens is 323 g/mol. The van der Waals surface area contributed by atoms with Gasteiger partial charge in [0.05, 0.1) is 35.3 Å². The summed E-state index contributed by atoms with van der Waals surface area (Å²) in [5.74, 6) is -1.30. The van der Waals surface area contributed by atoms with Crippen molar-refractivity contribution >= 4 is 16.9 Å². The van der Waals surface area contributed by atoms with Crippen LogP contribution in [0.4, 0.5) is 13.2 Å². The topological polar surface area (TPSA) is 77.7 Å².